The van der Waals surface area contributed by atoms with E-state index in [2.05, 4.69) is 4.98 Å². The summed E-state index contributed by atoms with van der Waals surface area (Å²) in [6.07, 6.45) is 2.73. The average Bonchev–Trinajstić information content (AvgIpc) is 3.13. The van der Waals surface area contributed by atoms with E-state index in [9.17, 15) is 26.4 Å². The van der Waals surface area contributed by atoms with Crippen molar-refractivity contribution in [3.8, 4) is 11.3 Å². The van der Waals surface area contributed by atoms with E-state index in [-0.39, 0.29) is 16.8 Å². The lowest BCUT2D eigenvalue weighted by molar-refractivity contribution is -0.137. The van der Waals surface area contributed by atoms with Crippen molar-refractivity contribution < 1.29 is 26.4 Å². The molecule has 0 aliphatic rings. The molecule has 1 aromatic carbocycles. The number of hydrogen-bond donors (Lipinski definition) is 0. The number of aromatic nitrogens is 2. The number of carbonyl (C=O) groups excluding carboxylic acids is 1. The molecule has 0 spiro atoms. The van der Waals surface area contributed by atoms with Gasteiger partial charge in [-0.15, -0.1) is 0 Å². The van der Waals surface area contributed by atoms with Crippen LogP contribution in [-0.4, -0.2) is 29.4 Å². The normalized spacial score (nSPS) is 12.4. The minimum atomic E-state index is -4.68. The first-order valence-corrected chi connectivity index (χ1v) is 9.97. The van der Waals surface area contributed by atoms with Crippen LogP contribution in [-0.2, 0) is 16.2 Å². The molecule has 0 unspecified atom stereocenters. The number of rotatable bonds is 6. The number of alkyl halides is 3. The number of pyridine rings is 1. The Morgan fingerprint density at radius 2 is 1.83 bits per heavy atom. The molecule has 0 amide bonds. The summed E-state index contributed by atoms with van der Waals surface area (Å²) in [5.74, 6) is -0.476. The number of carbonyl (C=O) groups is 1. The van der Waals surface area contributed by atoms with E-state index in [0.29, 0.717) is 11.8 Å². The summed E-state index contributed by atoms with van der Waals surface area (Å²) in [6, 6.07) is 9.15. The Labute approximate surface area is 165 Å². The fourth-order valence-corrected chi connectivity index (χ4v) is 4.00. The zero-order valence-corrected chi connectivity index (χ0v) is 15.7. The van der Waals surface area contributed by atoms with Crippen molar-refractivity contribution in [1.82, 2.24) is 8.96 Å². The van der Waals surface area contributed by atoms with Crippen molar-refractivity contribution >= 4 is 22.4 Å². The van der Waals surface area contributed by atoms with Crippen LogP contribution in [0.4, 0.5) is 13.2 Å². The Balaban J connectivity index is 2.04. The van der Waals surface area contributed by atoms with Gasteiger partial charge in [0.1, 0.15) is 0 Å². The fraction of sp³-hybridized carbons (Fsp3) is 0.100. The van der Waals surface area contributed by atoms with Crippen LogP contribution in [0.5, 0.6) is 0 Å². The maximum atomic E-state index is 13.4. The first kappa shape index (κ1) is 20.5. The van der Waals surface area contributed by atoms with Gasteiger partial charge < -0.3 is 0 Å². The van der Waals surface area contributed by atoms with Crippen molar-refractivity contribution in [2.75, 3.05) is 5.75 Å². The molecule has 0 atom stereocenters. The zero-order valence-electron chi connectivity index (χ0n) is 14.9. The smallest absolute Gasteiger partial charge is 0.298 e. The SMILES string of the molecule is O=Cc1cc(-c2ccccc2C(F)(F)F)n(S(=O)(=O)CC=Cc2cccnc2)c1. The molecule has 5 nitrogen and oxygen atoms in total. The second-order valence-electron chi connectivity index (χ2n) is 6.08. The third-order valence-corrected chi connectivity index (χ3v) is 5.57. The summed E-state index contributed by atoms with van der Waals surface area (Å²) in [5, 5.41) is 0. The first-order valence-electron chi connectivity index (χ1n) is 8.36. The molecule has 3 aromatic rings. The summed E-state index contributed by atoms with van der Waals surface area (Å²) < 4.78 is 66.5. The summed E-state index contributed by atoms with van der Waals surface area (Å²) >= 11 is 0. The standard InChI is InChI=1S/C20H15F3N2O3S/c21-20(22,23)18-8-2-1-7-17(18)19-11-16(14-26)13-25(19)29(27,28)10-4-6-15-5-3-9-24-12-15/h1-9,11-14H,10H2. The van der Waals surface area contributed by atoms with Gasteiger partial charge in [0.25, 0.3) is 0 Å². The van der Waals surface area contributed by atoms with Crippen LogP contribution in [0, 0.1) is 0 Å². The lowest BCUT2D eigenvalue weighted by Crippen LogP contribution is -2.17. The van der Waals surface area contributed by atoms with Gasteiger partial charge in [-0.25, -0.2) is 12.4 Å². The van der Waals surface area contributed by atoms with Gasteiger partial charge in [-0.1, -0.05) is 36.4 Å². The number of halogens is 3. The van der Waals surface area contributed by atoms with E-state index in [1.165, 1.54) is 36.5 Å². The first-order chi connectivity index (χ1) is 13.7. The molecule has 0 radical (unpaired) electrons. The van der Waals surface area contributed by atoms with Gasteiger partial charge in [0.05, 0.1) is 17.0 Å². The third kappa shape index (κ3) is 4.62. The van der Waals surface area contributed by atoms with Crippen LogP contribution in [0.1, 0.15) is 21.5 Å². The fourth-order valence-electron chi connectivity index (χ4n) is 2.77. The predicted molar refractivity (Wildman–Crippen MR) is 103 cm³/mol. The van der Waals surface area contributed by atoms with Crippen molar-refractivity contribution in [3.63, 3.8) is 0 Å². The molecule has 0 aliphatic heterocycles. The molecule has 0 aliphatic carbocycles. The van der Waals surface area contributed by atoms with E-state index >= 15 is 0 Å². The number of aldehydes is 1. The minimum Gasteiger partial charge on any atom is -0.298 e. The third-order valence-electron chi connectivity index (χ3n) is 4.05. The van der Waals surface area contributed by atoms with Crippen molar-refractivity contribution in [2.24, 2.45) is 0 Å². The molecular formula is C20H15F3N2O3S. The van der Waals surface area contributed by atoms with Crippen molar-refractivity contribution in [1.29, 1.82) is 0 Å². The number of hydrogen-bond acceptors (Lipinski definition) is 4. The summed E-state index contributed by atoms with van der Waals surface area (Å²) in [4.78, 5) is 15.1. The van der Waals surface area contributed by atoms with Gasteiger partial charge >= 0.3 is 6.18 Å². The molecule has 2 heterocycles. The molecule has 3 rings (SSSR count). The van der Waals surface area contributed by atoms with Gasteiger partial charge in [-0.2, -0.15) is 13.2 Å². The molecular weight excluding hydrogens is 405 g/mol. The Morgan fingerprint density at radius 3 is 2.48 bits per heavy atom. The number of benzene rings is 1. The van der Waals surface area contributed by atoms with Crippen LogP contribution in [0.25, 0.3) is 17.3 Å². The average molecular weight is 420 g/mol. The van der Waals surface area contributed by atoms with Crippen LogP contribution in [0.15, 0.2) is 67.1 Å². The summed E-state index contributed by atoms with van der Waals surface area (Å²) in [5.41, 5.74) is -0.913. The Hall–Kier alpha value is -3.20. The van der Waals surface area contributed by atoms with Crippen LogP contribution in [0.2, 0.25) is 0 Å². The molecule has 0 N–H and O–H groups in total. The molecule has 0 bridgehead atoms. The molecule has 2 aromatic heterocycles. The van der Waals surface area contributed by atoms with Crippen molar-refractivity contribution in [2.45, 2.75) is 6.18 Å². The van der Waals surface area contributed by atoms with E-state index in [1.54, 1.807) is 18.3 Å². The molecule has 0 fully saturated rings. The molecule has 0 saturated heterocycles. The van der Waals surface area contributed by atoms with Crippen molar-refractivity contribution in [3.05, 3.63) is 83.8 Å². The second-order valence-corrected chi connectivity index (χ2v) is 7.97. The van der Waals surface area contributed by atoms with Crippen LogP contribution in [0.3, 0.4) is 0 Å². The van der Waals surface area contributed by atoms with Gasteiger partial charge in [-0.3, -0.25) is 9.78 Å². The lowest BCUT2D eigenvalue weighted by Gasteiger charge is -2.15. The highest BCUT2D eigenvalue weighted by Crippen LogP contribution is 2.37. The van der Waals surface area contributed by atoms with Gasteiger partial charge in [0, 0.05) is 29.7 Å². The molecule has 29 heavy (non-hydrogen) atoms. The van der Waals surface area contributed by atoms with Gasteiger partial charge in [0.2, 0.25) is 10.0 Å². The van der Waals surface area contributed by atoms with Crippen LogP contribution >= 0.6 is 0 Å². The highest BCUT2D eigenvalue weighted by atomic mass is 32.2. The van der Waals surface area contributed by atoms with E-state index in [4.69, 9.17) is 0 Å². The minimum absolute atomic E-state index is 0.0446. The summed E-state index contributed by atoms with van der Waals surface area (Å²) in [6.45, 7) is 0. The summed E-state index contributed by atoms with van der Waals surface area (Å²) in [7, 11) is -4.08. The molecule has 9 heteroatoms. The highest BCUT2D eigenvalue weighted by molar-refractivity contribution is 7.90. The maximum absolute atomic E-state index is 13.4. The zero-order chi connectivity index (χ0) is 21.1. The van der Waals surface area contributed by atoms with Gasteiger partial charge in [-0.05, 0) is 23.8 Å². The largest absolute Gasteiger partial charge is 0.417 e. The van der Waals surface area contributed by atoms with Gasteiger partial charge in [0.15, 0.2) is 6.29 Å². The molecule has 150 valence electrons. The van der Waals surface area contributed by atoms with Crippen LogP contribution < -0.4 is 0 Å². The quantitative estimate of drug-likeness (QED) is 0.559. The van der Waals surface area contributed by atoms with E-state index in [0.717, 1.165) is 22.3 Å². The Morgan fingerprint density at radius 1 is 1.07 bits per heavy atom. The number of nitrogens with zero attached hydrogens (tertiary/aromatic N) is 2. The Kier molecular flexibility index (Phi) is 5.69. The van der Waals surface area contributed by atoms with E-state index < -0.39 is 27.5 Å². The topological polar surface area (TPSA) is 69.0 Å². The predicted octanol–water partition coefficient (Wildman–Crippen LogP) is 4.27. The van der Waals surface area contributed by atoms with E-state index in [1.807, 2.05) is 0 Å². The Bertz CT molecular complexity index is 1150. The monoisotopic (exact) mass is 420 g/mol. The maximum Gasteiger partial charge on any atom is 0.417 e. The second kappa shape index (κ2) is 8.04. The highest BCUT2D eigenvalue weighted by Gasteiger charge is 2.34. The molecule has 0 saturated carbocycles. The lowest BCUT2D eigenvalue weighted by atomic mass is 10.0.